The molecule has 0 aliphatic carbocycles. The van der Waals surface area contributed by atoms with Gasteiger partial charge in [0.1, 0.15) is 11.9 Å². The fraction of sp³-hybridized carbons (Fsp3) is 0.188. The summed E-state index contributed by atoms with van der Waals surface area (Å²) in [5, 5.41) is 4.03. The Kier molecular flexibility index (Phi) is 4.14. The Morgan fingerprint density at radius 1 is 1.18 bits per heavy atom. The van der Waals surface area contributed by atoms with Gasteiger partial charge in [0, 0.05) is 15.7 Å². The third-order valence-electron chi connectivity index (χ3n) is 3.32. The first-order valence-corrected chi connectivity index (χ1v) is 7.59. The van der Waals surface area contributed by atoms with Crippen LogP contribution in [0.15, 0.2) is 42.5 Å². The summed E-state index contributed by atoms with van der Waals surface area (Å²) in [5.41, 5.74) is 1.34. The van der Waals surface area contributed by atoms with E-state index in [1.807, 2.05) is 6.92 Å². The summed E-state index contributed by atoms with van der Waals surface area (Å²) in [6.07, 6.45) is -0.0929. The number of amides is 2. The zero-order chi connectivity index (χ0) is 15.7. The Balaban J connectivity index is 1.86. The highest BCUT2D eigenvalue weighted by Gasteiger charge is 2.27. The van der Waals surface area contributed by atoms with E-state index in [2.05, 4.69) is 5.32 Å². The molecule has 1 aliphatic heterocycles. The molecule has 0 aromatic heterocycles. The van der Waals surface area contributed by atoms with E-state index in [4.69, 9.17) is 27.9 Å². The quantitative estimate of drug-likeness (QED) is 0.811. The summed E-state index contributed by atoms with van der Waals surface area (Å²) in [4.78, 5) is 14.2. The Hall–Kier alpha value is -1.91. The maximum atomic E-state index is 12.6. The van der Waals surface area contributed by atoms with Crippen LogP contribution < -0.4 is 15.0 Å². The van der Waals surface area contributed by atoms with Crippen molar-refractivity contribution >= 4 is 40.6 Å². The highest BCUT2D eigenvalue weighted by molar-refractivity contribution is 6.31. The smallest absolute Gasteiger partial charge is 0.326 e. The van der Waals surface area contributed by atoms with Gasteiger partial charge in [0.2, 0.25) is 0 Å². The highest BCUT2D eigenvalue weighted by atomic mass is 35.5. The molecule has 2 aromatic carbocycles. The summed E-state index contributed by atoms with van der Waals surface area (Å²) < 4.78 is 5.74. The maximum Gasteiger partial charge on any atom is 0.326 e. The number of urea groups is 1. The Labute approximate surface area is 138 Å². The van der Waals surface area contributed by atoms with Crippen LogP contribution in [0.4, 0.5) is 16.2 Å². The second kappa shape index (κ2) is 6.07. The average Bonchev–Trinajstić information content (AvgIpc) is 2.49. The van der Waals surface area contributed by atoms with E-state index in [1.165, 1.54) is 0 Å². The molecule has 0 fully saturated rings. The summed E-state index contributed by atoms with van der Waals surface area (Å²) in [6, 6.07) is 12.0. The lowest BCUT2D eigenvalue weighted by Gasteiger charge is -2.33. The first-order valence-electron chi connectivity index (χ1n) is 6.83. The highest BCUT2D eigenvalue weighted by Crippen LogP contribution is 2.36. The van der Waals surface area contributed by atoms with Crippen LogP contribution in [0.2, 0.25) is 10.0 Å². The molecule has 4 nitrogen and oxygen atoms in total. The molecular weight excluding hydrogens is 323 g/mol. The number of carbonyl (C=O) groups excluding carboxylic acids is 1. The lowest BCUT2D eigenvalue weighted by Crippen LogP contribution is -2.44. The third kappa shape index (κ3) is 3.13. The van der Waals surface area contributed by atoms with Crippen molar-refractivity contribution in [2.24, 2.45) is 0 Å². The molecule has 1 aliphatic rings. The van der Waals surface area contributed by atoms with Crippen LogP contribution in [0, 0.1) is 0 Å². The summed E-state index contributed by atoms with van der Waals surface area (Å²) in [6.45, 7) is 2.37. The molecule has 1 heterocycles. The molecule has 0 unspecified atom stereocenters. The summed E-state index contributed by atoms with van der Waals surface area (Å²) in [5.74, 6) is 0.648. The number of carbonyl (C=O) groups is 1. The number of halogens is 2. The van der Waals surface area contributed by atoms with Gasteiger partial charge in [-0.3, -0.25) is 4.90 Å². The Bertz CT molecular complexity index is 704. The van der Waals surface area contributed by atoms with Crippen molar-refractivity contribution < 1.29 is 9.53 Å². The molecule has 0 spiro atoms. The van der Waals surface area contributed by atoms with Crippen LogP contribution in [0.25, 0.3) is 0 Å². The molecule has 1 N–H and O–H groups in total. The summed E-state index contributed by atoms with van der Waals surface area (Å²) >= 11 is 11.9. The predicted molar refractivity (Wildman–Crippen MR) is 89.4 cm³/mol. The first kappa shape index (κ1) is 15.0. The minimum Gasteiger partial charge on any atom is -0.487 e. The van der Waals surface area contributed by atoms with Gasteiger partial charge in [0.05, 0.1) is 12.2 Å². The Morgan fingerprint density at radius 2 is 1.86 bits per heavy atom. The van der Waals surface area contributed by atoms with Crippen molar-refractivity contribution in [3.63, 3.8) is 0 Å². The zero-order valence-electron chi connectivity index (χ0n) is 11.8. The molecule has 114 valence electrons. The van der Waals surface area contributed by atoms with Crippen LogP contribution in [0.5, 0.6) is 5.75 Å². The fourth-order valence-corrected chi connectivity index (χ4v) is 2.62. The van der Waals surface area contributed by atoms with Crippen LogP contribution in [-0.4, -0.2) is 18.7 Å². The number of rotatable bonds is 1. The van der Waals surface area contributed by atoms with Gasteiger partial charge in [0.15, 0.2) is 0 Å². The number of hydrogen-bond acceptors (Lipinski definition) is 2. The molecule has 2 amide bonds. The third-order valence-corrected chi connectivity index (χ3v) is 3.81. The first-order chi connectivity index (χ1) is 10.5. The number of anilines is 2. The molecule has 6 heteroatoms. The number of benzene rings is 2. The van der Waals surface area contributed by atoms with Crippen LogP contribution in [0.3, 0.4) is 0 Å². The van der Waals surface area contributed by atoms with Crippen molar-refractivity contribution in [3.8, 4) is 5.75 Å². The van der Waals surface area contributed by atoms with Crippen molar-refractivity contribution in [1.82, 2.24) is 0 Å². The van der Waals surface area contributed by atoms with Crippen molar-refractivity contribution in [2.45, 2.75) is 13.0 Å². The normalized spacial score (nSPS) is 16.7. The molecule has 3 rings (SSSR count). The molecule has 0 radical (unpaired) electrons. The van der Waals surface area contributed by atoms with Crippen LogP contribution >= 0.6 is 23.2 Å². The van der Waals surface area contributed by atoms with Gasteiger partial charge in [-0.2, -0.15) is 0 Å². The van der Waals surface area contributed by atoms with Crippen LogP contribution in [0.1, 0.15) is 6.92 Å². The number of hydrogen-bond donors (Lipinski definition) is 1. The average molecular weight is 337 g/mol. The van der Waals surface area contributed by atoms with Gasteiger partial charge in [-0.15, -0.1) is 0 Å². The minimum absolute atomic E-state index is 0.0929. The molecule has 2 aromatic rings. The van der Waals surface area contributed by atoms with E-state index in [-0.39, 0.29) is 12.1 Å². The monoisotopic (exact) mass is 336 g/mol. The fourth-order valence-electron chi connectivity index (χ4n) is 2.33. The minimum atomic E-state index is -0.235. The zero-order valence-corrected chi connectivity index (χ0v) is 13.4. The summed E-state index contributed by atoms with van der Waals surface area (Å²) in [7, 11) is 0. The molecule has 1 atom stereocenters. The number of nitrogens with zero attached hydrogens (tertiary/aromatic N) is 1. The number of fused-ring (bicyclic) bond motifs is 1. The van der Waals surface area contributed by atoms with Crippen molar-refractivity contribution in [2.75, 3.05) is 16.8 Å². The number of nitrogens with one attached hydrogen (secondary N) is 1. The van der Waals surface area contributed by atoms with Gasteiger partial charge >= 0.3 is 6.03 Å². The van der Waals surface area contributed by atoms with Crippen LogP contribution in [-0.2, 0) is 0 Å². The Morgan fingerprint density at radius 3 is 2.59 bits per heavy atom. The molecular formula is C16H14Cl2N2O2. The van der Waals surface area contributed by atoms with E-state index in [0.717, 1.165) is 0 Å². The number of ether oxygens (including phenoxy) is 1. The van der Waals surface area contributed by atoms with Gasteiger partial charge in [-0.05, 0) is 49.4 Å². The lowest BCUT2D eigenvalue weighted by molar-refractivity contribution is 0.208. The molecule has 0 saturated heterocycles. The van der Waals surface area contributed by atoms with E-state index in [0.29, 0.717) is 33.7 Å². The van der Waals surface area contributed by atoms with Gasteiger partial charge in [0.25, 0.3) is 0 Å². The SMILES string of the molecule is C[C@@H]1CN(C(=O)Nc2ccc(Cl)cc2)c2cc(Cl)ccc2O1. The lowest BCUT2D eigenvalue weighted by atomic mass is 10.2. The molecule has 0 bridgehead atoms. The second-order valence-electron chi connectivity index (χ2n) is 5.09. The maximum absolute atomic E-state index is 12.6. The van der Waals surface area contributed by atoms with Gasteiger partial charge in [-0.1, -0.05) is 23.2 Å². The van der Waals surface area contributed by atoms with Gasteiger partial charge in [-0.25, -0.2) is 4.79 Å². The largest absolute Gasteiger partial charge is 0.487 e. The van der Waals surface area contributed by atoms with E-state index in [9.17, 15) is 4.79 Å². The van der Waals surface area contributed by atoms with E-state index < -0.39 is 0 Å². The van der Waals surface area contributed by atoms with Crippen molar-refractivity contribution in [3.05, 3.63) is 52.5 Å². The van der Waals surface area contributed by atoms with E-state index in [1.54, 1.807) is 47.4 Å². The second-order valence-corrected chi connectivity index (χ2v) is 5.96. The van der Waals surface area contributed by atoms with Crippen molar-refractivity contribution in [1.29, 1.82) is 0 Å². The van der Waals surface area contributed by atoms with Gasteiger partial charge < -0.3 is 10.1 Å². The van der Waals surface area contributed by atoms with E-state index >= 15 is 0 Å². The molecule has 22 heavy (non-hydrogen) atoms. The predicted octanol–water partition coefficient (Wildman–Crippen LogP) is 4.81. The molecule has 0 saturated carbocycles. The standard InChI is InChI=1S/C16H14Cl2N2O2/c1-10-9-20(14-8-12(18)4-7-15(14)22-10)16(21)19-13-5-2-11(17)3-6-13/h2-8,10H,9H2,1H3,(H,19,21)/t10-/m1/s1. The topological polar surface area (TPSA) is 41.6 Å².